The summed E-state index contributed by atoms with van der Waals surface area (Å²) in [5.74, 6) is -2.76. The van der Waals surface area contributed by atoms with Gasteiger partial charge in [0.25, 0.3) is 11.8 Å². The molecule has 2 atom stereocenters. The van der Waals surface area contributed by atoms with Crippen molar-refractivity contribution in [3.05, 3.63) is 106 Å². The van der Waals surface area contributed by atoms with Gasteiger partial charge in [0.05, 0.1) is 12.1 Å². The second-order valence-electron chi connectivity index (χ2n) is 11.9. The fourth-order valence-electron chi connectivity index (χ4n) is 5.29. The maximum atomic E-state index is 14.0. The van der Waals surface area contributed by atoms with E-state index >= 15 is 0 Å². The number of benzene rings is 3. The fourth-order valence-corrected chi connectivity index (χ4v) is 5.29. The standard InChI is InChI=1S/C37H46F2N4O6/c1-4-15-43(16-5-2)36(47)29-18-25(3)17-28(22-29)35(46)42-32(21-27-19-30(38)23-31(39)20-27)33(44)11-13-40-34(45)12-14-41-37(48)49-24-26-9-7-6-8-10-26/h6-10,17-20,22-23,32-33,44H,4-5,11-16,21,24H2,1-3H3,(H,40,45)(H,41,48)(H,42,46)/t32-,33+/m0/s1. The molecule has 0 saturated carbocycles. The number of nitrogens with one attached hydrogen (secondary N) is 3. The lowest BCUT2D eigenvalue weighted by Gasteiger charge is -2.25. The van der Waals surface area contributed by atoms with Gasteiger partial charge in [0.1, 0.15) is 18.2 Å². The number of nitrogens with zero attached hydrogens (tertiary/aromatic N) is 1. The van der Waals surface area contributed by atoms with E-state index in [0.29, 0.717) is 24.2 Å². The van der Waals surface area contributed by atoms with Crippen LogP contribution in [-0.2, 0) is 22.6 Å². The first kappa shape index (κ1) is 38.6. The first-order valence-corrected chi connectivity index (χ1v) is 16.5. The number of hydrogen-bond donors (Lipinski definition) is 4. The molecule has 0 unspecified atom stereocenters. The number of aliphatic hydroxyl groups excluding tert-OH is 1. The van der Waals surface area contributed by atoms with Crippen molar-refractivity contribution in [3.63, 3.8) is 0 Å². The van der Waals surface area contributed by atoms with Crippen LogP contribution in [0.5, 0.6) is 0 Å². The molecule has 4 N–H and O–H groups in total. The van der Waals surface area contributed by atoms with Gasteiger partial charge in [-0.25, -0.2) is 13.6 Å². The SMILES string of the molecule is CCCN(CCC)C(=O)c1cc(C)cc(C(=O)N[C@@H](Cc2cc(F)cc(F)c2)[C@H](O)CCNC(=O)CCNC(=O)OCc2ccccc2)c1. The fraction of sp³-hybridized carbons (Fsp3) is 0.405. The molecule has 0 aliphatic carbocycles. The van der Waals surface area contributed by atoms with Gasteiger partial charge in [-0.2, -0.15) is 0 Å². The van der Waals surface area contributed by atoms with Crippen LogP contribution in [0, 0.1) is 18.6 Å². The van der Waals surface area contributed by atoms with Crippen LogP contribution in [0.4, 0.5) is 13.6 Å². The quantitative estimate of drug-likeness (QED) is 0.148. The maximum Gasteiger partial charge on any atom is 0.407 e. The minimum atomic E-state index is -1.22. The van der Waals surface area contributed by atoms with Crippen molar-refractivity contribution in [3.8, 4) is 0 Å². The number of aryl methyl sites for hydroxylation is 1. The molecule has 0 heterocycles. The maximum absolute atomic E-state index is 14.0. The number of amides is 4. The van der Waals surface area contributed by atoms with E-state index in [9.17, 15) is 33.1 Å². The Morgan fingerprint density at radius 1 is 0.837 bits per heavy atom. The van der Waals surface area contributed by atoms with E-state index < -0.39 is 35.8 Å². The Morgan fingerprint density at radius 2 is 1.49 bits per heavy atom. The van der Waals surface area contributed by atoms with Crippen LogP contribution in [0.2, 0.25) is 0 Å². The summed E-state index contributed by atoms with van der Waals surface area (Å²) in [6.07, 6.45) is -0.467. The van der Waals surface area contributed by atoms with Crippen molar-refractivity contribution >= 4 is 23.8 Å². The summed E-state index contributed by atoms with van der Waals surface area (Å²) < 4.78 is 33.1. The third-order valence-corrected chi connectivity index (χ3v) is 7.62. The molecule has 0 aliphatic rings. The summed E-state index contributed by atoms with van der Waals surface area (Å²) in [7, 11) is 0. The minimum Gasteiger partial charge on any atom is -0.445 e. The largest absolute Gasteiger partial charge is 0.445 e. The van der Waals surface area contributed by atoms with E-state index in [4.69, 9.17) is 4.74 Å². The first-order chi connectivity index (χ1) is 23.5. The summed E-state index contributed by atoms with van der Waals surface area (Å²) in [4.78, 5) is 52.8. The Balaban J connectivity index is 1.61. The highest BCUT2D eigenvalue weighted by molar-refractivity contribution is 6.00. The number of hydrogen-bond acceptors (Lipinski definition) is 6. The predicted octanol–water partition coefficient (Wildman–Crippen LogP) is 5.06. The predicted molar refractivity (Wildman–Crippen MR) is 182 cm³/mol. The van der Waals surface area contributed by atoms with Crippen molar-refractivity contribution in [2.45, 2.75) is 71.6 Å². The number of aliphatic hydroxyl groups is 1. The van der Waals surface area contributed by atoms with E-state index in [1.807, 2.05) is 44.2 Å². The molecule has 3 aromatic rings. The van der Waals surface area contributed by atoms with Gasteiger partial charge in [-0.05, 0) is 79.6 Å². The average molecular weight is 681 g/mol. The van der Waals surface area contributed by atoms with E-state index in [2.05, 4.69) is 16.0 Å². The Labute approximate surface area is 286 Å². The normalized spacial score (nSPS) is 12.0. The second kappa shape index (κ2) is 19.9. The van der Waals surface area contributed by atoms with E-state index in [0.717, 1.165) is 36.6 Å². The Kier molecular flexibility index (Phi) is 15.6. The van der Waals surface area contributed by atoms with Gasteiger partial charge in [0, 0.05) is 49.8 Å². The minimum absolute atomic E-state index is 0.00157. The number of carbonyl (C=O) groups is 4. The summed E-state index contributed by atoms with van der Waals surface area (Å²) in [5.41, 5.74) is 2.28. The van der Waals surface area contributed by atoms with Gasteiger partial charge in [-0.1, -0.05) is 44.2 Å². The zero-order valence-electron chi connectivity index (χ0n) is 28.3. The Hall–Kier alpha value is -4.84. The zero-order chi connectivity index (χ0) is 35.8. The number of alkyl carbamates (subject to hydrolysis) is 1. The molecule has 0 radical (unpaired) electrons. The molecular formula is C37H46F2N4O6. The zero-order valence-corrected chi connectivity index (χ0v) is 28.3. The van der Waals surface area contributed by atoms with E-state index in [1.54, 1.807) is 24.0 Å². The van der Waals surface area contributed by atoms with Crippen LogP contribution in [0.1, 0.15) is 76.9 Å². The van der Waals surface area contributed by atoms with Crippen LogP contribution in [-0.4, -0.2) is 72.1 Å². The highest BCUT2D eigenvalue weighted by atomic mass is 19.1. The highest BCUT2D eigenvalue weighted by Gasteiger charge is 2.24. The van der Waals surface area contributed by atoms with Gasteiger partial charge in [0.15, 0.2) is 0 Å². The summed E-state index contributed by atoms with van der Waals surface area (Å²) >= 11 is 0. The van der Waals surface area contributed by atoms with Gasteiger partial charge in [-0.3, -0.25) is 14.4 Å². The molecule has 49 heavy (non-hydrogen) atoms. The lowest BCUT2D eigenvalue weighted by molar-refractivity contribution is -0.121. The van der Waals surface area contributed by atoms with Gasteiger partial charge in [0.2, 0.25) is 5.91 Å². The molecule has 3 rings (SSSR count). The smallest absolute Gasteiger partial charge is 0.407 e. The Morgan fingerprint density at radius 3 is 2.14 bits per heavy atom. The van der Waals surface area contributed by atoms with E-state index in [-0.39, 0.29) is 61.9 Å². The van der Waals surface area contributed by atoms with E-state index in [1.165, 1.54) is 6.07 Å². The van der Waals surface area contributed by atoms with Crippen molar-refractivity contribution in [1.82, 2.24) is 20.9 Å². The molecule has 10 nitrogen and oxygen atoms in total. The molecule has 0 spiro atoms. The first-order valence-electron chi connectivity index (χ1n) is 16.5. The number of ether oxygens (including phenoxy) is 1. The van der Waals surface area contributed by atoms with Crippen LogP contribution >= 0.6 is 0 Å². The molecule has 0 aliphatic heterocycles. The van der Waals surface area contributed by atoms with Crippen LogP contribution in [0.3, 0.4) is 0 Å². The molecule has 0 aromatic heterocycles. The molecule has 4 amide bonds. The van der Waals surface area contributed by atoms with Gasteiger partial charge < -0.3 is 30.7 Å². The van der Waals surface area contributed by atoms with Crippen molar-refractivity contribution in [2.75, 3.05) is 26.2 Å². The summed E-state index contributed by atoms with van der Waals surface area (Å²) in [6.45, 7) is 7.04. The van der Waals surface area contributed by atoms with Crippen LogP contribution < -0.4 is 16.0 Å². The number of carbonyl (C=O) groups excluding carboxylic acids is 4. The lowest BCUT2D eigenvalue weighted by Crippen LogP contribution is -2.46. The average Bonchev–Trinajstić information content (AvgIpc) is 3.06. The lowest BCUT2D eigenvalue weighted by atomic mass is 9.97. The molecule has 0 fully saturated rings. The number of rotatable bonds is 18. The van der Waals surface area contributed by atoms with Crippen LogP contribution in [0.25, 0.3) is 0 Å². The van der Waals surface area contributed by atoms with Gasteiger partial charge >= 0.3 is 6.09 Å². The van der Waals surface area contributed by atoms with Crippen molar-refractivity contribution < 1.29 is 37.8 Å². The van der Waals surface area contributed by atoms with Gasteiger partial charge in [-0.15, -0.1) is 0 Å². The van der Waals surface area contributed by atoms with Crippen molar-refractivity contribution in [2.24, 2.45) is 0 Å². The van der Waals surface area contributed by atoms with Crippen molar-refractivity contribution in [1.29, 1.82) is 0 Å². The number of halogens is 2. The second-order valence-corrected chi connectivity index (χ2v) is 11.9. The molecule has 0 saturated heterocycles. The Bertz CT molecular complexity index is 1530. The summed E-state index contributed by atoms with van der Waals surface area (Å²) in [6, 6.07) is 15.9. The third-order valence-electron chi connectivity index (χ3n) is 7.62. The molecule has 3 aromatic carbocycles. The topological polar surface area (TPSA) is 137 Å². The molecule has 0 bridgehead atoms. The summed E-state index contributed by atoms with van der Waals surface area (Å²) in [5, 5.41) is 19.1. The van der Waals surface area contributed by atoms with Crippen LogP contribution in [0.15, 0.2) is 66.7 Å². The molecular weight excluding hydrogens is 634 g/mol. The highest BCUT2D eigenvalue weighted by Crippen LogP contribution is 2.17. The molecule has 12 heteroatoms. The third kappa shape index (κ3) is 13.3. The monoisotopic (exact) mass is 680 g/mol. The molecule has 264 valence electrons.